The summed E-state index contributed by atoms with van der Waals surface area (Å²) in [7, 11) is 2.20. The molecule has 2 heterocycles. The quantitative estimate of drug-likeness (QED) is 0.845. The number of para-hydroxylation sites is 1. The van der Waals surface area contributed by atoms with Crippen molar-refractivity contribution in [1.29, 1.82) is 0 Å². The topological polar surface area (TPSA) is 30.3 Å². The highest BCUT2D eigenvalue weighted by Crippen LogP contribution is 2.26. The Bertz CT molecular complexity index is 553. The lowest BCUT2D eigenvalue weighted by atomic mass is 9.96. The van der Waals surface area contributed by atoms with Crippen LogP contribution in [0.5, 0.6) is 5.75 Å². The average molecular weight is 285 g/mol. The molecule has 112 valence electrons. The summed E-state index contributed by atoms with van der Waals surface area (Å²) in [6.45, 7) is 3.91. The number of ether oxygens (including phenoxy) is 1. The van der Waals surface area contributed by atoms with Gasteiger partial charge in [0.15, 0.2) is 0 Å². The molecular formula is C17H23N3O. The highest BCUT2D eigenvalue weighted by atomic mass is 16.5. The van der Waals surface area contributed by atoms with E-state index in [0.717, 1.165) is 44.8 Å². The summed E-state index contributed by atoms with van der Waals surface area (Å²) in [6, 6.07) is 10.4. The predicted octanol–water partition coefficient (Wildman–Crippen LogP) is 2.46. The van der Waals surface area contributed by atoms with E-state index in [9.17, 15) is 0 Å². The van der Waals surface area contributed by atoms with Crippen molar-refractivity contribution in [2.24, 2.45) is 5.92 Å². The SMILES string of the molecule is CN(CCn1cccn1)CC1CCOc2ccccc2C1. The van der Waals surface area contributed by atoms with Crippen molar-refractivity contribution in [2.75, 3.05) is 26.7 Å². The fraction of sp³-hybridized carbons (Fsp3) is 0.471. The number of hydrogen-bond donors (Lipinski definition) is 0. The Kier molecular flexibility index (Phi) is 4.55. The van der Waals surface area contributed by atoms with Crippen LogP contribution in [0.3, 0.4) is 0 Å². The maximum Gasteiger partial charge on any atom is 0.122 e. The van der Waals surface area contributed by atoms with E-state index in [-0.39, 0.29) is 0 Å². The van der Waals surface area contributed by atoms with Gasteiger partial charge in [0, 0.05) is 25.5 Å². The smallest absolute Gasteiger partial charge is 0.122 e. The van der Waals surface area contributed by atoms with Gasteiger partial charge in [-0.25, -0.2) is 0 Å². The van der Waals surface area contributed by atoms with Gasteiger partial charge in [-0.1, -0.05) is 18.2 Å². The first-order valence-electron chi connectivity index (χ1n) is 7.68. The Balaban J connectivity index is 1.52. The second-order valence-electron chi connectivity index (χ2n) is 5.85. The second kappa shape index (κ2) is 6.76. The van der Waals surface area contributed by atoms with Gasteiger partial charge >= 0.3 is 0 Å². The monoisotopic (exact) mass is 285 g/mol. The van der Waals surface area contributed by atoms with Gasteiger partial charge in [0.25, 0.3) is 0 Å². The van der Waals surface area contributed by atoms with Crippen molar-refractivity contribution in [2.45, 2.75) is 19.4 Å². The van der Waals surface area contributed by atoms with Gasteiger partial charge in [0.1, 0.15) is 5.75 Å². The normalized spacial score (nSPS) is 18.1. The molecule has 4 nitrogen and oxygen atoms in total. The van der Waals surface area contributed by atoms with Gasteiger partial charge in [-0.15, -0.1) is 0 Å². The van der Waals surface area contributed by atoms with E-state index in [1.165, 1.54) is 5.56 Å². The van der Waals surface area contributed by atoms with Crippen molar-refractivity contribution >= 4 is 0 Å². The van der Waals surface area contributed by atoms with Crippen LogP contribution in [-0.2, 0) is 13.0 Å². The molecule has 0 aliphatic carbocycles. The molecule has 0 saturated carbocycles. The van der Waals surface area contributed by atoms with E-state index in [0.29, 0.717) is 5.92 Å². The number of fused-ring (bicyclic) bond motifs is 1. The van der Waals surface area contributed by atoms with E-state index in [1.807, 2.05) is 23.1 Å². The third-order valence-corrected chi connectivity index (χ3v) is 4.10. The third-order valence-electron chi connectivity index (χ3n) is 4.10. The summed E-state index contributed by atoms with van der Waals surface area (Å²) < 4.78 is 7.83. The molecule has 1 aromatic heterocycles. The highest BCUT2D eigenvalue weighted by Gasteiger charge is 2.18. The van der Waals surface area contributed by atoms with Crippen LogP contribution < -0.4 is 4.74 Å². The van der Waals surface area contributed by atoms with E-state index in [2.05, 4.69) is 41.3 Å². The molecular weight excluding hydrogens is 262 g/mol. The maximum atomic E-state index is 5.85. The van der Waals surface area contributed by atoms with Gasteiger partial charge in [-0.05, 0) is 43.5 Å². The first-order chi connectivity index (χ1) is 10.3. The number of benzene rings is 1. The minimum absolute atomic E-state index is 0.663. The lowest BCUT2D eigenvalue weighted by Gasteiger charge is -2.22. The van der Waals surface area contributed by atoms with Crippen molar-refractivity contribution in [3.05, 3.63) is 48.3 Å². The predicted molar refractivity (Wildman–Crippen MR) is 83.5 cm³/mol. The van der Waals surface area contributed by atoms with Crippen LogP contribution in [0.4, 0.5) is 0 Å². The molecule has 4 heteroatoms. The summed E-state index contributed by atoms with van der Waals surface area (Å²) in [6.07, 6.45) is 6.09. The number of nitrogens with zero attached hydrogens (tertiary/aromatic N) is 3. The Labute approximate surface area is 126 Å². The minimum atomic E-state index is 0.663. The van der Waals surface area contributed by atoms with Crippen LogP contribution in [0.2, 0.25) is 0 Å². The Morgan fingerprint density at radius 1 is 1.33 bits per heavy atom. The van der Waals surface area contributed by atoms with Gasteiger partial charge < -0.3 is 9.64 Å². The first kappa shape index (κ1) is 14.1. The van der Waals surface area contributed by atoms with Crippen LogP contribution >= 0.6 is 0 Å². The number of aromatic nitrogens is 2. The first-order valence-corrected chi connectivity index (χ1v) is 7.68. The molecule has 0 spiro atoms. The van der Waals surface area contributed by atoms with Crippen molar-refractivity contribution in [1.82, 2.24) is 14.7 Å². The molecule has 1 aliphatic rings. The molecule has 21 heavy (non-hydrogen) atoms. The fourth-order valence-electron chi connectivity index (χ4n) is 2.96. The standard InChI is InChI=1S/C17H23N3O/c1-19(10-11-20-9-4-8-18-20)14-15-7-12-21-17-6-3-2-5-16(17)13-15/h2-6,8-9,15H,7,10-14H2,1H3. The molecule has 3 rings (SSSR count). The lowest BCUT2D eigenvalue weighted by molar-refractivity contribution is 0.232. The second-order valence-corrected chi connectivity index (χ2v) is 5.85. The zero-order valence-corrected chi connectivity index (χ0v) is 12.6. The molecule has 0 N–H and O–H groups in total. The van der Waals surface area contributed by atoms with Crippen LogP contribution in [-0.4, -0.2) is 41.4 Å². The zero-order valence-electron chi connectivity index (χ0n) is 12.6. The highest BCUT2D eigenvalue weighted by molar-refractivity contribution is 5.34. The van der Waals surface area contributed by atoms with Crippen LogP contribution in [0, 0.1) is 5.92 Å². The van der Waals surface area contributed by atoms with Crippen molar-refractivity contribution in [3.8, 4) is 5.75 Å². The average Bonchev–Trinajstić information content (AvgIpc) is 2.92. The Morgan fingerprint density at radius 3 is 3.10 bits per heavy atom. The largest absolute Gasteiger partial charge is 0.493 e. The number of hydrogen-bond acceptors (Lipinski definition) is 3. The lowest BCUT2D eigenvalue weighted by Crippen LogP contribution is -2.30. The number of rotatable bonds is 5. The van der Waals surface area contributed by atoms with E-state index in [1.54, 1.807) is 0 Å². The minimum Gasteiger partial charge on any atom is -0.493 e. The molecule has 0 amide bonds. The van der Waals surface area contributed by atoms with Crippen molar-refractivity contribution in [3.63, 3.8) is 0 Å². The van der Waals surface area contributed by atoms with Crippen molar-refractivity contribution < 1.29 is 4.74 Å². The fourth-order valence-corrected chi connectivity index (χ4v) is 2.96. The maximum absolute atomic E-state index is 5.85. The summed E-state index contributed by atoms with van der Waals surface area (Å²) in [5, 5.41) is 4.25. The molecule has 0 fully saturated rings. The van der Waals surface area contributed by atoms with E-state index in [4.69, 9.17) is 4.74 Å². The molecule has 0 saturated heterocycles. The summed E-state index contributed by atoms with van der Waals surface area (Å²) in [5.41, 5.74) is 1.35. The van der Waals surface area contributed by atoms with E-state index >= 15 is 0 Å². The Hall–Kier alpha value is -1.81. The third kappa shape index (κ3) is 3.85. The van der Waals surface area contributed by atoms with E-state index < -0.39 is 0 Å². The van der Waals surface area contributed by atoms with Gasteiger partial charge in [0.05, 0.1) is 13.2 Å². The molecule has 0 radical (unpaired) electrons. The molecule has 1 aliphatic heterocycles. The molecule has 1 unspecified atom stereocenters. The molecule has 1 atom stereocenters. The molecule has 2 aromatic rings. The summed E-state index contributed by atoms with van der Waals surface area (Å²) >= 11 is 0. The van der Waals surface area contributed by atoms with Gasteiger partial charge in [-0.3, -0.25) is 4.68 Å². The zero-order chi connectivity index (χ0) is 14.5. The summed E-state index contributed by atoms with van der Waals surface area (Å²) in [5.74, 6) is 1.73. The van der Waals surface area contributed by atoms with Crippen LogP contribution in [0.1, 0.15) is 12.0 Å². The molecule has 0 bridgehead atoms. The van der Waals surface area contributed by atoms with Crippen LogP contribution in [0.15, 0.2) is 42.7 Å². The Morgan fingerprint density at radius 2 is 2.24 bits per heavy atom. The van der Waals surface area contributed by atoms with Crippen LogP contribution in [0.25, 0.3) is 0 Å². The van der Waals surface area contributed by atoms with Gasteiger partial charge in [-0.2, -0.15) is 5.10 Å². The summed E-state index contributed by atoms with van der Waals surface area (Å²) in [4.78, 5) is 2.40. The number of likely N-dealkylation sites (N-methyl/N-ethyl adjacent to an activating group) is 1. The molecule has 1 aromatic carbocycles. The van der Waals surface area contributed by atoms with Gasteiger partial charge in [0.2, 0.25) is 0 Å².